The minimum atomic E-state index is -3.20. The Morgan fingerprint density at radius 2 is 1.80 bits per heavy atom. The van der Waals surface area contributed by atoms with Crippen LogP contribution in [0.1, 0.15) is 17.2 Å². The SMILES string of the molecule is CS(=O)(=O)c1ccc(C(N)Cc2cccc(F)c2)cc1. The summed E-state index contributed by atoms with van der Waals surface area (Å²) >= 11 is 0. The Kier molecular flexibility index (Phi) is 4.20. The van der Waals surface area contributed by atoms with Gasteiger partial charge in [-0.3, -0.25) is 0 Å². The first-order valence-corrected chi connectivity index (χ1v) is 8.05. The predicted molar refractivity (Wildman–Crippen MR) is 76.6 cm³/mol. The summed E-state index contributed by atoms with van der Waals surface area (Å²) in [6.45, 7) is 0. The molecule has 0 amide bonds. The van der Waals surface area contributed by atoms with Crippen molar-refractivity contribution in [3.05, 3.63) is 65.5 Å². The van der Waals surface area contributed by atoms with E-state index >= 15 is 0 Å². The summed E-state index contributed by atoms with van der Waals surface area (Å²) in [5.74, 6) is -0.290. The van der Waals surface area contributed by atoms with E-state index in [2.05, 4.69) is 0 Å². The van der Waals surface area contributed by atoms with E-state index in [0.29, 0.717) is 6.42 Å². The van der Waals surface area contributed by atoms with Crippen LogP contribution in [0.2, 0.25) is 0 Å². The average Bonchev–Trinajstić information content (AvgIpc) is 2.38. The monoisotopic (exact) mass is 293 g/mol. The third kappa shape index (κ3) is 3.65. The highest BCUT2D eigenvalue weighted by Crippen LogP contribution is 2.19. The topological polar surface area (TPSA) is 60.2 Å². The fourth-order valence-electron chi connectivity index (χ4n) is 2.00. The van der Waals surface area contributed by atoms with E-state index in [1.54, 1.807) is 18.2 Å². The highest BCUT2D eigenvalue weighted by molar-refractivity contribution is 7.90. The van der Waals surface area contributed by atoms with Crippen molar-refractivity contribution in [1.29, 1.82) is 0 Å². The van der Waals surface area contributed by atoms with Gasteiger partial charge in [0.05, 0.1) is 4.90 Å². The smallest absolute Gasteiger partial charge is 0.175 e. The molecule has 1 atom stereocenters. The van der Waals surface area contributed by atoms with E-state index in [0.717, 1.165) is 17.4 Å². The third-order valence-electron chi connectivity index (χ3n) is 3.08. The van der Waals surface area contributed by atoms with E-state index in [9.17, 15) is 12.8 Å². The molecule has 0 spiro atoms. The van der Waals surface area contributed by atoms with Gasteiger partial charge in [-0.15, -0.1) is 0 Å². The van der Waals surface area contributed by atoms with Gasteiger partial charge in [0.1, 0.15) is 5.82 Å². The molecule has 0 aliphatic rings. The first kappa shape index (κ1) is 14.7. The maximum atomic E-state index is 13.1. The standard InChI is InChI=1S/C15H16FNO2S/c1-20(18,19)14-7-5-12(6-8-14)15(17)10-11-3-2-4-13(16)9-11/h2-9,15H,10,17H2,1H3. The Morgan fingerprint density at radius 1 is 1.15 bits per heavy atom. The molecule has 3 nitrogen and oxygen atoms in total. The van der Waals surface area contributed by atoms with Gasteiger partial charge >= 0.3 is 0 Å². The van der Waals surface area contributed by atoms with Gasteiger partial charge in [-0.05, 0) is 41.8 Å². The molecule has 0 heterocycles. The highest BCUT2D eigenvalue weighted by Gasteiger charge is 2.10. The Bertz CT molecular complexity index is 696. The molecule has 2 N–H and O–H groups in total. The van der Waals surface area contributed by atoms with Crippen molar-refractivity contribution in [3.63, 3.8) is 0 Å². The zero-order chi connectivity index (χ0) is 14.8. The summed E-state index contributed by atoms with van der Waals surface area (Å²) in [6, 6.07) is 12.5. The van der Waals surface area contributed by atoms with Crippen molar-refractivity contribution in [2.45, 2.75) is 17.4 Å². The van der Waals surface area contributed by atoms with Gasteiger partial charge in [0.25, 0.3) is 0 Å². The number of rotatable bonds is 4. The summed E-state index contributed by atoms with van der Waals surface area (Å²) in [5, 5.41) is 0. The Labute approximate surface area is 118 Å². The summed E-state index contributed by atoms with van der Waals surface area (Å²) < 4.78 is 35.8. The summed E-state index contributed by atoms with van der Waals surface area (Å²) in [4.78, 5) is 0.263. The van der Waals surface area contributed by atoms with Crippen LogP contribution in [0.4, 0.5) is 4.39 Å². The Morgan fingerprint density at radius 3 is 2.35 bits per heavy atom. The number of nitrogens with two attached hydrogens (primary N) is 1. The van der Waals surface area contributed by atoms with Crippen LogP contribution in [0.3, 0.4) is 0 Å². The summed E-state index contributed by atoms with van der Waals surface area (Å²) in [7, 11) is -3.20. The van der Waals surface area contributed by atoms with Gasteiger partial charge < -0.3 is 5.73 Å². The molecule has 5 heteroatoms. The van der Waals surface area contributed by atoms with Crippen molar-refractivity contribution in [3.8, 4) is 0 Å². The van der Waals surface area contributed by atoms with Gasteiger partial charge in [0.2, 0.25) is 0 Å². The molecule has 0 aromatic heterocycles. The minimum absolute atomic E-state index is 0.263. The molecule has 20 heavy (non-hydrogen) atoms. The van der Waals surface area contributed by atoms with Gasteiger partial charge in [-0.25, -0.2) is 12.8 Å². The minimum Gasteiger partial charge on any atom is -0.324 e. The second-order valence-electron chi connectivity index (χ2n) is 4.78. The van der Waals surface area contributed by atoms with Crippen molar-refractivity contribution in [1.82, 2.24) is 0 Å². The third-order valence-corrected chi connectivity index (χ3v) is 4.21. The van der Waals surface area contributed by atoms with E-state index in [1.807, 2.05) is 6.07 Å². The van der Waals surface area contributed by atoms with Crippen LogP contribution < -0.4 is 5.73 Å². The van der Waals surface area contributed by atoms with Crippen LogP contribution in [0, 0.1) is 5.82 Å². The van der Waals surface area contributed by atoms with Gasteiger partial charge in [-0.2, -0.15) is 0 Å². The first-order valence-electron chi connectivity index (χ1n) is 6.16. The number of sulfone groups is 1. The zero-order valence-electron chi connectivity index (χ0n) is 11.1. The summed E-state index contributed by atoms with van der Waals surface area (Å²) in [6.07, 6.45) is 1.66. The number of hydrogen-bond acceptors (Lipinski definition) is 3. The van der Waals surface area contributed by atoms with Gasteiger partial charge in [0.15, 0.2) is 9.84 Å². The van der Waals surface area contributed by atoms with E-state index in [-0.39, 0.29) is 16.8 Å². The molecule has 1 unspecified atom stereocenters. The first-order chi connectivity index (χ1) is 9.36. The van der Waals surface area contributed by atoms with Crippen LogP contribution in [-0.2, 0) is 16.3 Å². The maximum absolute atomic E-state index is 13.1. The molecule has 0 saturated heterocycles. The molecule has 0 saturated carbocycles. The molecule has 0 bridgehead atoms. The molecule has 0 radical (unpaired) electrons. The van der Waals surface area contributed by atoms with Crippen molar-refractivity contribution >= 4 is 9.84 Å². The number of halogens is 1. The average molecular weight is 293 g/mol. The second-order valence-corrected chi connectivity index (χ2v) is 6.80. The predicted octanol–water partition coefficient (Wildman–Crippen LogP) is 2.47. The normalized spacial score (nSPS) is 13.2. The van der Waals surface area contributed by atoms with E-state index < -0.39 is 9.84 Å². The van der Waals surface area contributed by atoms with Crippen LogP contribution in [0.15, 0.2) is 53.4 Å². The molecule has 0 aliphatic heterocycles. The lowest BCUT2D eigenvalue weighted by Gasteiger charge is -2.12. The fraction of sp³-hybridized carbons (Fsp3) is 0.200. The molecule has 106 valence electrons. The van der Waals surface area contributed by atoms with Crippen molar-refractivity contribution in [2.24, 2.45) is 5.73 Å². The van der Waals surface area contributed by atoms with E-state index in [4.69, 9.17) is 5.73 Å². The quantitative estimate of drug-likeness (QED) is 0.942. The summed E-state index contributed by atoms with van der Waals surface area (Å²) in [5.41, 5.74) is 7.70. The molecule has 2 aromatic carbocycles. The zero-order valence-corrected chi connectivity index (χ0v) is 11.9. The molecule has 2 rings (SSSR count). The van der Waals surface area contributed by atoms with Crippen molar-refractivity contribution in [2.75, 3.05) is 6.26 Å². The maximum Gasteiger partial charge on any atom is 0.175 e. The van der Waals surface area contributed by atoms with Gasteiger partial charge in [0, 0.05) is 12.3 Å². The molecule has 0 aliphatic carbocycles. The van der Waals surface area contributed by atoms with E-state index in [1.165, 1.54) is 24.3 Å². The van der Waals surface area contributed by atoms with Crippen molar-refractivity contribution < 1.29 is 12.8 Å². The lowest BCUT2D eigenvalue weighted by Crippen LogP contribution is -2.13. The molecule has 2 aromatic rings. The largest absolute Gasteiger partial charge is 0.324 e. The Balaban J connectivity index is 2.15. The van der Waals surface area contributed by atoms with Crippen LogP contribution >= 0.6 is 0 Å². The highest BCUT2D eigenvalue weighted by atomic mass is 32.2. The lowest BCUT2D eigenvalue weighted by molar-refractivity contribution is 0.601. The lowest BCUT2D eigenvalue weighted by atomic mass is 10.00. The van der Waals surface area contributed by atoms with Gasteiger partial charge in [-0.1, -0.05) is 24.3 Å². The number of hydrogen-bond donors (Lipinski definition) is 1. The van der Waals surface area contributed by atoms with Crippen LogP contribution in [0.5, 0.6) is 0 Å². The molecule has 0 fully saturated rings. The van der Waals surface area contributed by atoms with Crippen LogP contribution in [0.25, 0.3) is 0 Å². The molecular formula is C15H16FNO2S. The fourth-order valence-corrected chi connectivity index (χ4v) is 2.63. The van der Waals surface area contributed by atoms with Crippen LogP contribution in [-0.4, -0.2) is 14.7 Å². The Hall–Kier alpha value is -1.72. The molecular weight excluding hydrogens is 277 g/mol. The number of benzene rings is 2. The second kappa shape index (κ2) is 5.73.